The van der Waals surface area contributed by atoms with Crippen molar-refractivity contribution in [1.82, 2.24) is 0 Å². The van der Waals surface area contributed by atoms with Gasteiger partial charge in [0.2, 0.25) is 0 Å². The molecule has 0 fully saturated rings. The van der Waals surface area contributed by atoms with Gasteiger partial charge in [-0.2, -0.15) is 0 Å². The van der Waals surface area contributed by atoms with Crippen LogP contribution in [0.1, 0.15) is 19.4 Å². The highest BCUT2D eigenvalue weighted by atomic mass is 35.5. The van der Waals surface area contributed by atoms with Gasteiger partial charge in [0.25, 0.3) is 11.8 Å². The van der Waals surface area contributed by atoms with E-state index in [0.717, 1.165) is 0 Å². The lowest BCUT2D eigenvalue weighted by Gasteiger charge is -2.15. The van der Waals surface area contributed by atoms with Crippen LogP contribution in [0.2, 0.25) is 5.02 Å². The highest BCUT2D eigenvalue weighted by molar-refractivity contribution is 8.04. The van der Waals surface area contributed by atoms with Crippen LogP contribution >= 0.6 is 23.4 Å². The summed E-state index contributed by atoms with van der Waals surface area (Å²) in [5.74, 6) is 0.0613. The lowest BCUT2D eigenvalue weighted by Crippen LogP contribution is -2.31. The minimum atomic E-state index is -0.328. The molecule has 2 aromatic rings. The topological polar surface area (TPSA) is 46.6 Å². The Labute approximate surface area is 161 Å². The van der Waals surface area contributed by atoms with Gasteiger partial charge in [-0.3, -0.25) is 9.59 Å². The molecule has 0 unspecified atom stereocenters. The summed E-state index contributed by atoms with van der Waals surface area (Å²) in [6.07, 6.45) is 0. The summed E-state index contributed by atoms with van der Waals surface area (Å²) in [6, 6.07) is 13.8. The van der Waals surface area contributed by atoms with Crippen molar-refractivity contribution in [2.45, 2.75) is 19.1 Å². The quantitative estimate of drug-likeness (QED) is 0.693. The molecule has 4 nitrogen and oxygen atoms in total. The van der Waals surface area contributed by atoms with Crippen LogP contribution in [0.5, 0.6) is 5.75 Å². The molecule has 0 atom stereocenters. The lowest BCUT2D eigenvalue weighted by molar-refractivity contribution is -0.119. The van der Waals surface area contributed by atoms with Crippen LogP contribution in [-0.2, 0) is 9.59 Å². The maximum Gasteiger partial charge on any atom is 0.272 e. The number of halogens is 1. The van der Waals surface area contributed by atoms with Crippen LogP contribution in [-0.4, -0.2) is 24.2 Å². The molecule has 0 spiro atoms. The van der Waals surface area contributed by atoms with Gasteiger partial charge in [-0.25, -0.2) is 4.90 Å². The molecule has 0 radical (unpaired) electrons. The fraction of sp³-hybridized carbons (Fsp3) is 0.200. The Kier molecular flexibility index (Phi) is 5.39. The summed E-state index contributed by atoms with van der Waals surface area (Å²) >= 11 is 7.33. The highest BCUT2D eigenvalue weighted by Crippen LogP contribution is 2.40. The predicted molar refractivity (Wildman–Crippen MR) is 107 cm³/mol. The number of nitrogens with zero attached hydrogens (tertiary/aromatic N) is 1. The van der Waals surface area contributed by atoms with E-state index in [1.165, 1.54) is 16.7 Å². The maximum atomic E-state index is 13.1. The van der Waals surface area contributed by atoms with Crippen LogP contribution in [0.15, 0.2) is 53.4 Å². The Balaban J connectivity index is 2.07. The number of carbonyl (C=O) groups excluding carboxylic acids is 2. The number of methoxy groups -OCH3 is 1. The SMILES string of the molecule is COc1ccc(C2=C(SC(C)C)C(=O)N(c3ccc(Cl)cc3)C2=O)cc1. The van der Waals surface area contributed by atoms with Crippen LogP contribution in [0.3, 0.4) is 0 Å². The van der Waals surface area contributed by atoms with Gasteiger partial charge < -0.3 is 4.74 Å². The zero-order valence-corrected chi connectivity index (χ0v) is 16.2. The van der Waals surface area contributed by atoms with Crippen LogP contribution in [0.25, 0.3) is 5.57 Å². The van der Waals surface area contributed by atoms with Gasteiger partial charge in [0, 0.05) is 10.3 Å². The van der Waals surface area contributed by atoms with Crippen molar-refractivity contribution in [2.24, 2.45) is 0 Å². The van der Waals surface area contributed by atoms with E-state index in [4.69, 9.17) is 16.3 Å². The first-order valence-electron chi connectivity index (χ1n) is 8.12. The highest BCUT2D eigenvalue weighted by Gasteiger charge is 2.40. The molecule has 1 aliphatic rings. The fourth-order valence-corrected chi connectivity index (χ4v) is 3.80. The molecule has 26 heavy (non-hydrogen) atoms. The van der Waals surface area contributed by atoms with Gasteiger partial charge in [-0.15, -0.1) is 11.8 Å². The molecular weight excluding hydrogens is 370 g/mol. The fourth-order valence-electron chi connectivity index (χ4n) is 2.69. The normalized spacial score (nSPS) is 14.6. The van der Waals surface area contributed by atoms with E-state index >= 15 is 0 Å². The molecule has 1 aliphatic heterocycles. The van der Waals surface area contributed by atoms with E-state index in [1.807, 2.05) is 13.8 Å². The summed E-state index contributed by atoms with van der Waals surface area (Å²) in [7, 11) is 1.58. The molecule has 0 aromatic heterocycles. The van der Waals surface area contributed by atoms with Crippen molar-refractivity contribution >= 4 is 46.4 Å². The number of thioether (sulfide) groups is 1. The average Bonchev–Trinajstić information content (AvgIpc) is 2.86. The number of rotatable bonds is 5. The Morgan fingerprint density at radius 3 is 2.12 bits per heavy atom. The Morgan fingerprint density at radius 1 is 0.962 bits per heavy atom. The number of hydrogen-bond donors (Lipinski definition) is 0. The van der Waals surface area contributed by atoms with Crippen molar-refractivity contribution < 1.29 is 14.3 Å². The molecule has 134 valence electrons. The summed E-state index contributed by atoms with van der Waals surface area (Å²) in [5.41, 5.74) is 1.63. The minimum Gasteiger partial charge on any atom is -0.497 e. The largest absolute Gasteiger partial charge is 0.497 e. The summed E-state index contributed by atoms with van der Waals surface area (Å²) in [6.45, 7) is 3.98. The minimum absolute atomic E-state index is 0.167. The van der Waals surface area contributed by atoms with Crippen molar-refractivity contribution in [3.8, 4) is 5.75 Å². The van der Waals surface area contributed by atoms with Crippen molar-refractivity contribution in [3.05, 3.63) is 64.0 Å². The van der Waals surface area contributed by atoms with Gasteiger partial charge in [-0.1, -0.05) is 37.6 Å². The Bertz CT molecular complexity index is 873. The third-order valence-corrected chi connectivity index (χ3v) is 5.20. The van der Waals surface area contributed by atoms with Crippen molar-refractivity contribution in [2.75, 3.05) is 12.0 Å². The number of benzene rings is 2. The first-order valence-corrected chi connectivity index (χ1v) is 9.38. The number of hydrogen-bond acceptors (Lipinski definition) is 4. The van der Waals surface area contributed by atoms with Crippen LogP contribution in [0, 0.1) is 0 Å². The van der Waals surface area contributed by atoms with E-state index < -0.39 is 0 Å². The molecule has 0 N–H and O–H groups in total. The molecule has 2 aromatic carbocycles. The molecule has 2 amide bonds. The number of carbonyl (C=O) groups is 2. The summed E-state index contributed by atoms with van der Waals surface area (Å²) in [5, 5.41) is 0.716. The Morgan fingerprint density at radius 2 is 1.58 bits per heavy atom. The van der Waals surface area contributed by atoms with E-state index in [9.17, 15) is 9.59 Å². The van der Waals surface area contributed by atoms with Gasteiger partial charge in [0.15, 0.2) is 0 Å². The molecule has 1 heterocycles. The number of amides is 2. The van der Waals surface area contributed by atoms with Gasteiger partial charge in [0.05, 0.1) is 23.3 Å². The van der Waals surface area contributed by atoms with Gasteiger partial charge in [-0.05, 0) is 42.0 Å². The summed E-state index contributed by atoms with van der Waals surface area (Å²) < 4.78 is 5.18. The molecule has 6 heteroatoms. The average molecular weight is 388 g/mol. The second-order valence-corrected chi connectivity index (χ2v) is 8.04. The molecule has 0 saturated heterocycles. The molecule has 3 rings (SSSR count). The zero-order chi connectivity index (χ0) is 18.8. The third-order valence-electron chi connectivity index (χ3n) is 3.86. The molecular formula is C20H18ClNO3S. The standard InChI is InChI=1S/C20H18ClNO3S/c1-12(2)26-18-17(13-4-10-16(25-3)11-5-13)19(23)22(20(18)24)15-8-6-14(21)7-9-15/h4-12H,1-3H3. The van der Waals surface area contributed by atoms with E-state index in [2.05, 4.69) is 0 Å². The van der Waals surface area contributed by atoms with E-state index in [0.29, 0.717) is 32.5 Å². The number of anilines is 1. The smallest absolute Gasteiger partial charge is 0.272 e. The monoisotopic (exact) mass is 387 g/mol. The van der Waals surface area contributed by atoms with Crippen molar-refractivity contribution in [1.29, 1.82) is 0 Å². The molecule has 0 aliphatic carbocycles. The lowest BCUT2D eigenvalue weighted by atomic mass is 10.1. The van der Waals surface area contributed by atoms with E-state index in [1.54, 1.807) is 55.6 Å². The third kappa shape index (κ3) is 3.50. The number of ether oxygens (including phenoxy) is 1. The number of imide groups is 1. The second-order valence-electron chi connectivity index (χ2n) is 6.02. The second kappa shape index (κ2) is 7.56. The zero-order valence-electron chi connectivity index (χ0n) is 14.7. The summed E-state index contributed by atoms with van der Waals surface area (Å²) in [4.78, 5) is 27.8. The van der Waals surface area contributed by atoms with Crippen LogP contribution in [0.4, 0.5) is 5.69 Å². The van der Waals surface area contributed by atoms with E-state index in [-0.39, 0.29) is 17.1 Å². The first-order chi connectivity index (χ1) is 12.4. The first kappa shape index (κ1) is 18.5. The molecule has 0 bridgehead atoms. The van der Waals surface area contributed by atoms with Crippen LogP contribution < -0.4 is 9.64 Å². The Hall–Kier alpha value is -2.24. The van der Waals surface area contributed by atoms with Gasteiger partial charge in [0.1, 0.15) is 5.75 Å². The molecule has 0 saturated carbocycles. The maximum absolute atomic E-state index is 13.1. The predicted octanol–water partition coefficient (Wildman–Crippen LogP) is 4.77. The van der Waals surface area contributed by atoms with Crippen molar-refractivity contribution in [3.63, 3.8) is 0 Å². The van der Waals surface area contributed by atoms with Gasteiger partial charge >= 0.3 is 0 Å².